The van der Waals surface area contributed by atoms with Gasteiger partial charge in [0.2, 0.25) is 11.7 Å². The molecule has 1 unspecified atom stereocenters. The van der Waals surface area contributed by atoms with Gasteiger partial charge < -0.3 is 14.6 Å². The van der Waals surface area contributed by atoms with Gasteiger partial charge in [-0.05, 0) is 38.8 Å². The van der Waals surface area contributed by atoms with E-state index in [1.54, 1.807) is 30.7 Å². The highest BCUT2D eigenvalue weighted by atomic mass is 32.2. The summed E-state index contributed by atoms with van der Waals surface area (Å²) in [5.74, 6) is -0.855. The number of aromatic nitrogens is 2. The van der Waals surface area contributed by atoms with Crippen molar-refractivity contribution in [3.8, 4) is 0 Å². The molecule has 180 valence electrons. The molecule has 33 heavy (non-hydrogen) atoms. The molecule has 1 fully saturated rings. The molecule has 2 aromatic heterocycles. The highest BCUT2D eigenvalue weighted by Crippen LogP contribution is 2.25. The Labute approximate surface area is 197 Å². The minimum absolute atomic E-state index is 0.00318. The van der Waals surface area contributed by atoms with E-state index in [1.165, 1.54) is 35.7 Å². The third-order valence-corrected chi connectivity index (χ3v) is 8.43. The standard InChI is InChI=1S/C21H28N4O6S2/c1-13(20(27)18-6-5-17(32-18)11-22-15(3)26)31-21(28)16-7-9-25(10-8-16)33(29,30)19-12-24(4)14(2)23-19/h5-6,12-13,16H,7-11H2,1-4H3,(H,22,26). The van der Waals surface area contributed by atoms with E-state index in [1.807, 2.05) is 0 Å². The Morgan fingerprint density at radius 1 is 1.27 bits per heavy atom. The van der Waals surface area contributed by atoms with Crippen LogP contribution in [0.1, 0.15) is 47.1 Å². The van der Waals surface area contributed by atoms with Gasteiger partial charge in [0.15, 0.2) is 11.1 Å². The second-order valence-corrected chi connectivity index (χ2v) is 11.1. The van der Waals surface area contributed by atoms with Gasteiger partial charge in [-0.3, -0.25) is 14.4 Å². The third kappa shape index (κ3) is 5.87. The van der Waals surface area contributed by atoms with Gasteiger partial charge in [0.05, 0.1) is 17.3 Å². The van der Waals surface area contributed by atoms with Gasteiger partial charge in [-0.25, -0.2) is 13.4 Å². The molecule has 1 saturated heterocycles. The molecule has 0 saturated carbocycles. The minimum atomic E-state index is -3.72. The second kappa shape index (κ2) is 10.1. The highest BCUT2D eigenvalue weighted by Gasteiger charge is 2.35. The highest BCUT2D eigenvalue weighted by molar-refractivity contribution is 7.89. The number of rotatable bonds is 8. The molecule has 1 amide bonds. The summed E-state index contributed by atoms with van der Waals surface area (Å²) in [6, 6.07) is 3.40. The van der Waals surface area contributed by atoms with Crippen molar-refractivity contribution in [2.24, 2.45) is 13.0 Å². The zero-order valence-corrected chi connectivity index (χ0v) is 20.7. The zero-order chi connectivity index (χ0) is 24.3. The van der Waals surface area contributed by atoms with Gasteiger partial charge in [0.1, 0.15) is 5.82 Å². The number of esters is 1. The van der Waals surface area contributed by atoms with Crippen molar-refractivity contribution in [3.63, 3.8) is 0 Å². The number of imidazole rings is 1. The molecule has 2 aromatic rings. The Morgan fingerprint density at radius 2 is 1.94 bits per heavy atom. The number of carbonyl (C=O) groups excluding carboxylic acids is 3. The fourth-order valence-electron chi connectivity index (χ4n) is 3.46. The van der Waals surface area contributed by atoms with Crippen LogP contribution >= 0.6 is 11.3 Å². The van der Waals surface area contributed by atoms with Crippen molar-refractivity contribution >= 4 is 39.0 Å². The van der Waals surface area contributed by atoms with E-state index >= 15 is 0 Å². The minimum Gasteiger partial charge on any atom is -0.454 e. The first kappa shape index (κ1) is 25.1. The molecular weight excluding hydrogens is 468 g/mol. The molecule has 0 spiro atoms. The predicted molar refractivity (Wildman–Crippen MR) is 121 cm³/mol. The molecular formula is C21H28N4O6S2. The number of ketones is 1. The smallest absolute Gasteiger partial charge is 0.309 e. The number of ether oxygens (including phenoxy) is 1. The quantitative estimate of drug-likeness (QED) is 0.435. The van der Waals surface area contributed by atoms with E-state index in [0.717, 1.165) is 4.88 Å². The number of nitrogens with one attached hydrogen (secondary N) is 1. The van der Waals surface area contributed by atoms with Crippen LogP contribution in [-0.4, -0.2) is 59.1 Å². The van der Waals surface area contributed by atoms with Crippen molar-refractivity contribution in [2.45, 2.75) is 51.3 Å². The van der Waals surface area contributed by atoms with E-state index in [4.69, 9.17) is 4.74 Å². The van der Waals surface area contributed by atoms with Crippen LogP contribution in [0.2, 0.25) is 0 Å². The lowest BCUT2D eigenvalue weighted by Crippen LogP contribution is -2.41. The van der Waals surface area contributed by atoms with Crippen molar-refractivity contribution in [1.29, 1.82) is 0 Å². The fourth-order valence-corrected chi connectivity index (χ4v) is 5.92. The molecule has 1 aliphatic rings. The number of piperidine rings is 1. The molecule has 3 rings (SSSR count). The van der Waals surface area contributed by atoms with Crippen LogP contribution in [0.25, 0.3) is 0 Å². The molecule has 0 aliphatic carbocycles. The Hall–Kier alpha value is -2.57. The van der Waals surface area contributed by atoms with E-state index in [0.29, 0.717) is 30.1 Å². The summed E-state index contributed by atoms with van der Waals surface area (Å²) in [7, 11) is -1.99. The first-order valence-electron chi connectivity index (χ1n) is 10.6. The van der Waals surface area contributed by atoms with Crippen LogP contribution in [0.3, 0.4) is 0 Å². The van der Waals surface area contributed by atoms with Crippen LogP contribution in [0, 0.1) is 12.8 Å². The van der Waals surface area contributed by atoms with Crippen molar-refractivity contribution in [1.82, 2.24) is 19.2 Å². The Balaban J connectivity index is 1.53. The second-order valence-electron chi connectivity index (χ2n) is 8.03. The largest absolute Gasteiger partial charge is 0.454 e. The first-order chi connectivity index (χ1) is 15.5. The summed E-state index contributed by atoms with van der Waals surface area (Å²) in [5.41, 5.74) is 0. The average molecular weight is 497 g/mol. The number of amides is 1. The number of nitrogens with zero attached hydrogens (tertiary/aromatic N) is 3. The summed E-state index contributed by atoms with van der Waals surface area (Å²) in [6.07, 6.45) is 1.14. The van der Waals surface area contributed by atoms with Crippen LogP contribution in [0.4, 0.5) is 0 Å². The normalized spacial score (nSPS) is 16.4. The number of sulfonamides is 1. The predicted octanol–water partition coefficient (Wildman–Crippen LogP) is 1.64. The Bertz CT molecular complexity index is 1130. The van der Waals surface area contributed by atoms with Crippen LogP contribution < -0.4 is 5.32 Å². The lowest BCUT2D eigenvalue weighted by molar-refractivity contribution is -0.152. The molecule has 0 aromatic carbocycles. The molecule has 3 heterocycles. The molecule has 1 N–H and O–H groups in total. The molecule has 1 atom stereocenters. The number of hydrogen-bond donors (Lipinski definition) is 1. The first-order valence-corrected chi connectivity index (χ1v) is 12.8. The van der Waals surface area contributed by atoms with E-state index in [9.17, 15) is 22.8 Å². The van der Waals surface area contributed by atoms with Gasteiger partial charge >= 0.3 is 5.97 Å². The van der Waals surface area contributed by atoms with Crippen molar-refractivity contribution in [3.05, 3.63) is 33.9 Å². The summed E-state index contributed by atoms with van der Waals surface area (Å²) in [4.78, 5) is 41.6. The van der Waals surface area contributed by atoms with Crippen molar-refractivity contribution in [2.75, 3.05) is 13.1 Å². The van der Waals surface area contributed by atoms with Gasteiger partial charge in [-0.2, -0.15) is 4.31 Å². The van der Waals surface area contributed by atoms with Gasteiger partial charge in [-0.15, -0.1) is 11.3 Å². The summed E-state index contributed by atoms with van der Waals surface area (Å²) < 4.78 is 34.0. The summed E-state index contributed by atoms with van der Waals surface area (Å²) in [5, 5.41) is 2.67. The monoisotopic (exact) mass is 496 g/mol. The number of aryl methyl sites for hydroxylation is 2. The molecule has 0 radical (unpaired) electrons. The zero-order valence-electron chi connectivity index (χ0n) is 19.0. The van der Waals surface area contributed by atoms with Gasteiger partial charge in [-0.1, -0.05) is 0 Å². The summed E-state index contributed by atoms with van der Waals surface area (Å²) >= 11 is 1.24. The molecule has 0 bridgehead atoms. The van der Waals surface area contributed by atoms with Crippen molar-refractivity contribution < 1.29 is 27.5 Å². The number of Topliss-reactive ketones (excluding diaryl/α,β-unsaturated/α-hetero) is 1. The Morgan fingerprint density at radius 3 is 2.52 bits per heavy atom. The summed E-state index contributed by atoms with van der Waals surface area (Å²) in [6.45, 7) is 5.36. The molecule has 10 nitrogen and oxygen atoms in total. The number of carbonyl (C=O) groups is 3. The average Bonchev–Trinajstić information content (AvgIpc) is 3.38. The van der Waals surface area contributed by atoms with E-state index < -0.39 is 28.0 Å². The lowest BCUT2D eigenvalue weighted by Gasteiger charge is -2.29. The number of hydrogen-bond acceptors (Lipinski definition) is 8. The van der Waals surface area contributed by atoms with Crippen LogP contribution in [-0.2, 0) is 37.9 Å². The topological polar surface area (TPSA) is 128 Å². The third-order valence-electron chi connectivity index (χ3n) is 5.56. The van der Waals surface area contributed by atoms with E-state index in [-0.39, 0.29) is 29.8 Å². The van der Waals surface area contributed by atoms with Crippen LogP contribution in [0.15, 0.2) is 23.4 Å². The SMILES string of the molecule is CC(=O)NCc1ccc(C(=O)C(C)OC(=O)C2CCN(S(=O)(=O)c3cn(C)c(C)n3)CC2)s1. The van der Waals surface area contributed by atoms with Gasteiger partial charge in [0.25, 0.3) is 10.0 Å². The van der Waals surface area contributed by atoms with Crippen LogP contribution in [0.5, 0.6) is 0 Å². The maximum atomic E-state index is 12.8. The molecule has 1 aliphatic heterocycles. The fraction of sp³-hybridized carbons (Fsp3) is 0.524. The van der Waals surface area contributed by atoms with E-state index in [2.05, 4.69) is 10.3 Å². The maximum Gasteiger partial charge on any atom is 0.309 e. The lowest BCUT2D eigenvalue weighted by atomic mass is 9.98. The maximum absolute atomic E-state index is 12.8. The number of thiophene rings is 1. The Kier molecular flexibility index (Phi) is 7.70. The van der Waals surface area contributed by atoms with Gasteiger partial charge in [0, 0.05) is 38.1 Å². The molecule has 12 heteroatoms.